The van der Waals surface area contributed by atoms with Gasteiger partial charge in [0.15, 0.2) is 0 Å². The average molecular weight is 370 g/mol. The maximum Gasteiger partial charge on any atom is 0.261 e. The van der Waals surface area contributed by atoms with Crippen LogP contribution in [0.4, 0.5) is 10.1 Å². The second-order valence-corrected chi connectivity index (χ2v) is 6.63. The number of carbonyl (C=O) groups is 1. The van der Waals surface area contributed by atoms with Crippen LogP contribution in [0.2, 0.25) is 0 Å². The number of aromatic amines is 1. The van der Waals surface area contributed by atoms with E-state index in [1.54, 1.807) is 6.20 Å². The highest BCUT2D eigenvalue weighted by atomic mass is 19.1. The van der Waals surface area contributed by atoms with E-state index in [9.17, 15) is 14.0 Å². The molecule has 7 nitrogen and oxygen atoms in total. The Kier molecular flexibility index (Phi) is 4.49. The van der Waals surface area contributed by atoms with Gasteiger partial charge in [0.2, 0.25) is 0 Å². The standard InChI is InChI=1S/C19H19FN4O3/c1-11-17(10-21-24(11)14-4-6-27-7-5-14)23-19(26)15-8-12-2-3-13(20)9-16(12)22-18(15)25/h2-3,8-10,14H,4-7H2,1H3,(H,22,25)(H,23,26). The average Bonchev–Trinajstić information content (AvgIpc) is 3.02. The number of ether oxygens (including phenoxy) is 1. The van der Waals surface area contributed by atoms with E-state index in [0.29, 0.717) is 29.8 Å². The Morgan fingerprint density at radius 2 is 2.11 bits per heavy atom. The molecule has 1 saturated heterocycles. The molecule has 0 spiro atoms. The van der Waals surface area contributed by atoms with Gasteiger partial charge in [-0.1, -0.05) is 0 Å². The van der Waals surface area contributed by atoms with Crippen molar-refractivity contribution in [3.63, 3.8) is 0 Å². The number of fused-ring (bicyclic) bond motifs is 1. The molecule has 0 aliphatic carbocycles. The number of H-pyrrole nitrogens is 1. The van der Waals surface area contributed by atoms with E-state index in [1.807, 2.05) is 11.6 Å². The number of hydrogen-bond acceptors (Lipinski definition) is 4. The lowest BCUT2D eigenvalue weighted by molar-refractivity contribution is 0.0657. The van der Waals surface area contributed by atoms with Gasteiger partial charge in [0.1, 0.15) is 11.4 Å². The molecule has 4 rings (SSSR count). The van der Waals surface area contributed by atoms with E-state index in [4.69, 9.17) is 4.74 Å². The topological polar surface area (TPSA) is 89.0 Å². The number of nitrogens with one attached hydrogen (secondary N) is 2. The summed E-state index contributed by atoms with van der Waals surface area (Å²) in [6, 6.07) is 5.72. The number of hydrogen-bond donors (Lipinski definition) is 2. The highest BCUT2D eigenvalue weighted by Crippen LogP contribution is 2.25. The van der Waals surface area contributed by atoms with Crippen molar-refractivity contribution < 1.29 is 13.9 Å². The van der Waals surface area contributed by atoms with Crippen LogP contribution in [0.15, 0.2) is 35.3 Å². The fourth-order valence-electron chi connectivity index (χ4n) is 3.38. The highest BCUT2D eigenvalue weighted by molar-refractivity contribution is 6.05. The van der Waals surface area contributed by atoms with Gasteiger partial charge in [-0.05, 0) is 49.4 Å². The van der Waals surface area contributed by atoms with E-state index in [-0.39, 0.29) is 11.6 Å². The number of rotatable bonds is 3. The monoisotopic (exact) mass is 370 g/mol. The molecule has 140 valence electrons. The Morgan fingerprint density at radius 1 is 1.33 bits per heavy atom. The molecule has 1 amide bonds. The lowest BCUT2D eigenvalue weighted by Gasteiger charge is -2.23. The molecule has 0 radical (unpaired) electrons. The van der Waals surface area contributed by atoms with Crippen LogP contribution < -0.4 is 10.9 Å². The molecular formula is C19H19FN4O3. The molecule has 8 heteroatoms. The summed E-state index contributed by atoms with van der Waals surface area (Å²) < 4.78 is 20.6. The fourth-order valence-corrected chi connectivity index (χ4v) is 3.38. The number of carbonyl (C=O) groups excluding carboxylic acids is 1. The Labute approximate surface area is 154 Å². The maximum atomic E-state index is 13.3. The Morgan fingerprint density at radius 3 is 2.89 bits per heavy atom. The molecule has 0 saturated carbocycles. The summed E-state index contributed by atoms with van der Waals surface area (Å²) >= 11 is 0. The second kappa shape index (κ2) is 6.96. The zero-order chi connectivity index (χ0) is 19.0. The van der Waals surface area contributed by atoms with Gasteiger partial charge in [0, 0.05) is 13.2 Å². The van der Waals surface area contributed by atoms with Gasteiger partial charge in [-0.25, -0.2) is 4.39 Å². The molecular weight excluding hydrogens is 351 g/mol. The summed E-state index contributed by atoms with van der Waals surface area (Å²) in [6.45, 7) is 3.27. The van der Waals surface area contributed by atoms with Crippen LogP contribution in [-0.4, -0.2) is 33.9 Å². The summed E-state index contributed by atoms with van der Waals surface area (Å²) in [5, 5.41) is 7.72. The largest absolute Gasteiger partial charge is 0.381 e. The zero-order valence-electron chi connectivity index (χ0n) is 14.8. The number of benzene rings is 1. The summed E-state index contributed by atoms with van der Waals surface area (Å²) in [4.78, 5) is 27.4. The van der Waals surface area contributed by atoms with Gasteiger partial charge in [0.25, 0.3) is 11.5 Å². The molecule has 0 unspecified atom stereocenters. The summed E-state index contributed by atoms with van der Waals surface area (Å²) in [6.07, 6.45) is 3.33. The molecule has 1 aliphatic heterocycles. The smallest absolute Gasteiger partial charge is 0.261 e. The number of halogens is 1. The van der Waals surface area contributed by atoms with Crippen molar-refractivity contribution in [1.82, 2.24) is 14.8 Å². The quantitative estimate of drug-likeness (QED) is 0.742. The van der Waals surface area contributed by atoms with E-state index in [1.165, 1.54) is 24.3 Å². The molecule has 3 heterocycles. The van der Waals surface area contributed by atoms with Crippen molar-refractivity contribution in [2.24, 2.45) is 0 Å². The number of aromatic nitrogens is 3. The molecule has 1 fully saturated rings. The van der Waals surface area contributed by atoms with Gasteiger partial charge in [0.05, 0.1) is 29.1 Å². The van der Waals surface area contributed by atoms with Crippen LogP contribution in [0.3, 0.4) is 0 Å². The van der Waals surface area contributed by atoms with Crippen LogP contribution in [0.1, 0.15) is 34.9 Å². The van der Waals surface area contributed by atoms with Crippen molar-refractivity contribution in [3.8, 4) is 0 Å². The molecule has 1 aromatic carbocycles. The number of amides is 1. The minimum Gasteiger partial charge on any atom is -0.381 e. The highest BCUT2D eigenvalue weighted by Gasteiger charge is 2.21. The summed E-state index contributed by atoms with van der Waals surface area (Å²) in [5.74, 6) is -0.983. The van der Waals surface area contributed by atoms with Gasteiger partial charge in [-0.2, -0.15) is 5.10 Å². The number of nitrogens with zero attached hydrogens (tertiary/aromatic N) is 2. The van der Waals surface area contributed by atoms with E-state index in [0.717, 1.165) is 18.5 Å². The second-order valence-electron chi connectivity index (χ2n) is 6.63. The van der Waals surface area contributed by atoms with Gasteiger partial charge in [-0.15, -0.1) is 0 Å². The first-order chi connectivity index (χ1) is 13.0. The van der Waals surface area contributed by atoms with Crippen LogP contribution >= 0.6 is 0 Å². The Bertz CT molecular complexity index is 1070. The fraction of sp³-hybridized carbons (Fsp3) is 0.316. The van der Waals surface area contributed by atoms with E-state index < -0.39 is 17.3 Å². The normalized spacial score (nSPS) is 15.2. The maximum absolute atomic E-state index is 13.3. The van der Waals surface area contributed by atoms with E-state index >= 15 is 0 Å². The molecule has 3 aromatic rings. The third-order valence-electron chi connectivity index (χ3n) is 4.88. The first-order valence-corrected chi connectivity index (χ1v) is 8.79. The van der Waals surface area contributed by atoms with Gasteiger partial charge in [-0.3, -0.25) is 14.3 Å². The lowest BCUT2D eigenvalue weighted by atomic mass is 10.1. The lowest BCUT2D eigenvalue weighted by Crippen LogP contribution is -2.24. The molecule has 27 heavy (non-hydrogen) atoms. The first kappa shape index (κ1) is 17.4. The zero-order valence-corrected chi connectivity index (χ0v) is 14.8. The Hall–Kier alpha value is -3.00. The SMILES string of the molecule is Cc1c(NC(=O)c2cc3ccc(F)cc3[nH]c2=O)cnn1C1CCOCC1. The van der Waals surface area contributed by atoms with Crippen molar-refractivity contribution in [2.45, 2.75) is 25.8 Å². The molecule has 1 aliphatic rings. The van der Waals surface area contributed by atoms with E-state index in [2.05, 4.69) is 15.4 Å². The minimum atomic E-state index is -0.569. The van der Waals surface area contributed by atoms with Crippen molar-refractivity contribution in [2.75, 3.05) is 18.5 Å². The molecule has 2 N–H and O–H groups in total. The Balaban J connectivity index is 1.60. The molecule has 0 atom stereocenters. The van der Waals surface area contributed by atoms with Crippen molar-refractivity contribution >= 4 is 22.5 Å². The van der Waals surface area contributed by atoms with Crippen LogP contribution in [0.5, 0.6) is 0 Å². The van der Waals surface area contributed by atoms with Gasteiger partial charge < -0.3 is 15.0 Å². The van der Waals surface area contributed by atoms with Crippen molar-refractivity contribution in [1.29, 1.82) is 0 Å². The summed E-state index contributed by atoms with van der Waals surface area (Å²) in [5.41, 5.74) is 1.13. The van der Waals surface area contributed by atoms with Crippen LogP contribution in [0, 0.1) is 12.7 Å². The minimum absolute atomic E-state index is 0.0349. The first-order valence-electron chi connectivity index (χ1n) is 8.79. The van der Waals surface area contributed by atoms with Gasteiger partial charge >= 0.3 is 0 Å². The molecule has 0 bridgehead atoms. The summed E-state index contributed by atoms with van der Waals surface area (Å²) in [7, 11) is 0. The third-order valence-corrected chi connectivity index (χ3v) is 4.88. The predicted molar refractivity (Wildman–Crippen MR) is 98.5 cm³/mol. The number of pyridine rings is 1. The van der Waals surface area contributed by atoms with Crippen LogP contribution in [-0.2, 0) is 4.74 Å². The van der Waals surface area contributed by atoms with Crippen LogP contribution in [0.25, 0.3) is 10.9 Å². The number of anilines is 1. The third kappa shape index (κ3) is 3.35. The molecule has 2 aromatic heterocycles. The van der Waals surface area contributed by atoms with Crippen molar-refractivity contribution in [3.05, 3.63) is 57.9 Å². The predicted octanol–water partition coefficient (Wildman–Crippen LogP) is 2.78.